The molecule has 102 valence electrons. The molecule has 0 radical (unpaired) electrons. The number of carbonyl (C=O) groups is 2. The first-order valence-corrected chi connectivity index (χ1v) is 7.01. The fourth-order valence-electron chi connectivity index (χ4n) is 2.35. The van der Waals surface area contributed by atoms with Gasteiger partial charge < -0.3 is 10.4 Å². The van der Waals surface area contributed by atoms with Crippen LogP contribution in [-0.2, 0) is 9.59 Å². The molecule has 0 aliphatic heterocycles. The monoisotopic (exact) mass is 326 g/mol. The van der Waals surface area contributed by atoms with Crippen LogP contribution in [0.25, 0.3) is 0 Å². The van der Waals surface area contributed by atoms with Crippen molar-refractivity contribution in [3.63, 3.8) is 0 Å². The summed E-state index contributed by atoms with van der Waals surface area (Å²) >= 11 is 3.31. The van der Waals surface area contributed by atoms with Gasteiger partial charge in [0.2, 0.25) is 5.91 Å². The van der Waals surface area contributed by atoms with E-state index in [2.05, 4.69) is 26.2 Å². The molecule has 1 aliphatic rings. The van der Waals surface area contributed by atoms with Crippen molar-refractivity contribution in [2.75, 3.05) is 5.32 Å². The lowest BCUT2D eigenvalue weighted by Crippen LogP contribution is -2.31. The van der Waals surface area contributed by atoms with Crippen molar-refractivity contribution < 1.29 is 14.7 Å². The lowest BCUT2D eigenvalue weighted by atomic mass is 9.81. The molecule has 1 aromatic rings. The molecule has 2 unspecified atom stereocenters. The molecule has 6 heteroatoms. The van der Waals surface area contributed by atoms with Gasteiger partial charge in [0.1, 0.15) is 5.82 Å². The summed E-state index contributed by atoms with van der Waals surface area (Å²) in [5, 5.41) is 11.8. The molecule has 0 bridgehead atoms. The van der Waals surface area contributed by atoms with E-state index >= 15 is 0 Å². The van der Waals surface area contributed by atoms with Crippen molar-refractivity contribution >= 4 is 33.6 Å². The van der Waals surface area contributed by atoms with Crippen LogP contribution in [0.5, 0.6) is 0 Å². The summed E-state index contributed by atoms with van der Waals surface area (Å²) in [5.74, 6) is -1.13. The predicted octanol–water partition coefficient (Wildman–Crippen LogP) is 2.67. The van der Waals surface area contributed by atoms with Crippen molar-refractivity contribution in [1.29, 1.82) is 0 Å². The number of rotatable bonds is 3. The zero-order valence-electron chi connectivity index (χ0n) is 10.3. The van der Waals surface area contributed by atoms with Crippen LogP contribution in [0.15, 0.2) is 22.8 Å². The molecule has 1 amide bonds. The number of hydrogen-bond acceptors (Lipinski definition) is 3. The van der Waals surface area contributed by atoms with Crippen molar-refractivity contribution in [3.8, 4) is 0 Å². The van der Waals surface area contributed by atoms with E-state index < -0.39 is 11.9 Å². The SMILES string of the molecule is O=C(O)C1CCCC(C(=O)Nc2ncccc2Br)C1. The summed E-state index contributed by atoms with van der Waals surface area (Å²) in [6, 6.07) is 3.56. The Morgan fingerprint density at radius 2 is 2.11 bits per heavy atom. The van der Waals surface area contributed by atoms with Gasteiger partial charge in [0, 0.05) is 12.1 Å². The third-order valence-electron chi connectivity index (χ3n) is 3.39. The Bertz CT molecular complexity index is 493. The second-order valence-electron chi connectivity index (χ2n) is 4.72. The summed E-state index contributed by atoms with van der Waals surface area (Å²) in [6.07, 6.45) is 4.18. The second kappa shape index (κ2) is 6.14. The minimum absolute atomic E-state index is 0.148. The van der Waals surface area contributed by atoms with Crippen LogP contribution in [0.1, 0.15) is 25.7 Å². The summed E-state index contributed by atoms with van der Waals surface area (Å²) in [6.45, 7) is 0. The van der Waals surface area contributed by atoms with Crippen molar-refractivity contribution in [3.05, 3.63) is 22.8 Å². The molecule has 2 rings (SSSR count). The van der Waals surface area contributed by atoms with E-state index in [9.17, 15) is 9.59 Å². The molecule has 1 aromatic heterocycles. The minimum atomic E-state index is -0.809. The second-order valence-corrected chi connectivity index (χ2v) is 5.58. The zero-order valence-corrected chi connectivity index (χ0v) is 11.9. The number of carbonyl (C=O) groups excluding carboxylic acids is 1. The number of anilines is 1. The van der Waals surface area contributed by atoms with E-state index in [-0.39, 0.29) is 11.8 Å². The standard InChI is InChI=1S/C13H15BrN2O3/c14-10-5-2-6-15-11(10)16-12(17)8-3-1-4-9(7-8)13(18)19/h2,5-6,8-9H,1,3-4,7H2,(H,18,19)(H,15,16,17). The van der Waals surface area contributed by atoms with Crippen LogP contribution in [0.3, 0.4) is 0 Å². The number of hydrogen-bond donors (Lipinski definition) is 2. The number of halogens is 1. The summed E-state index contributed by atoms with van der Waals surface area (Å²) < 4.78 is 0.717. The Morgan fingerprint density at radius 3 is 2.79 bits per heavy atom. The largest absolute Gasteiger partial charge is 0.481 e. The van der Waals surface area contributed by atoms with Crippen molar-refractivity contribution in [2.45, 2.75) is 25.7 Å². The zero-order chi connectivity index (χ0) is 13.8. The van der Waals surface area contributed by atoms with Gasteiger partial charge in [0.25, 0.3) is 0 Å². The molecular weight excluding hydrogens is 312 g/mol. The molecule has 1 fully saturated rings. The lowest BCUT2D eigenvalue weighted by molar-refractivity contribution is -0.143. The lowest BCUT2D eigenvalue weighted by Gasteiger charge is -2.25. The van der Waals surface area contributed by atoms with E-state index in [1.807, 2.05) is 0 Å². The van der Waals surface area contributed by atoms with Crippen LogP contribution in [0, 0.1) is 11.8 Å². The molecule has 1 saturated carbocycles. The molecule has 19 heavy (non-hydrogen) atoms. The number of aliphatic carboxylic acids is 1. The highest BCUT2D eigenvalue weighted by molar-refractivity contribution is 9.10. The van der Waals surface area contributed by atoms with E-state index in [0.29, 0.717) is 23.1 Å². The predicted molar refractivity (Wildman–Crippen MR) is 73.7 cm³/mol. The number of nitrogens with zero attached hydrogens (tertiary/aromatic N) is 1. The smallest absolute Gasteiger partial charge is 0.306 e. The first-order chi connectivity index (χ1) is 9.08. The Hall–Kier alpha value is -1.43. The number of nitrogens with one attached hydrogen (secondary N) is 1. The van der Waals surface area contributed by atoms with E-state index in [1.54, 1.807) is 18.3 Å². The molecular formula is C13H15BrN2O3. The van der Waals surface area contributed by atoms with Crippen molar-refractivity contribution in [1.82, 2.24) is 4.98 Å². The van der Waals surface area contributed by atoms with Gasteiger partial charge >= 0.3 is 5.97 Å². The Balaban J connectivity index is 2.00. The number of amides is 1. The van der Waals surface area contributed by atoms with Gasteiger partial charge in [-0.05, 0) is 47.3 Å². The first-order valence-electron chi connectivity index (χ1n) is 6.22. The molecule has 0 aromatic carbocycles. The Kier molecular flexibility index (Phi) is 4.52. The first kappa shape index (κ1) is 14.0. The Morgan fingerprint density at radius 1 is 1.37 bits per heavy atom. The summed E-state index contributed by atoms with van der Waals surface area (Å²) in [4.78, 5) is 27.2. The summed E-state index contributed by atoms with van der Waals surface area (Å²) in [7, 11) is 0. The van der Waals surface area contributed by atoms with E-state index in [4.69, 9.17) is 5.11 Å². The number of carboxylic acid groups (broad SMARTS) is 1. The van der Waals surface area contributed by atoms with E-state index in [0.717, 1.165) is 12.8 Å². The number of carboxylic acids is 1. The minimum Gasteiger partial charge on any atom is -0.481 e. The van der Waals surface area contributed by atoms with Gasteiger partial charge in [-0.1, -0.05) is 6.42 Å². The quantitative estimate of drug-likeness (QED) is 0.894. The fourth-order valence-corrected chi connectivity index (χ4v) is 2.70. The average molecular weight is 327 g/mol. The third kappa shape index (κ3) is 3.53. The van der Waals surface area contributed by atoms with Gasteiger partial charge in [0.15, 0.2) is 0 Å². The maximum absolute atomic E-state index is 12.1. The Labute approximate surface area is 119 Å². The topological polar surface area (TPSA) is 79.3 Å². The van der Waals surface area contributed by atoms with Gasteiger partial charge in [-0.3, -0.25) is 9.59 Å². The average Bonchev–Trinajstić information content (AvgIpc) is 2.41. The van der Waals surface area contributed by atoms with Crippen LogP contribution < -0.4 is 5.32 Å². The molecule has 0 saturated heterocycles. The third-order valence-corrected chi connectivity index (χ3v) is 4.03. The van der Waals surface area contributed by atoms with Crippen LogP contribution in [-0.4, -0.2) is 22.0 Å². The molecule has 5 nitrogen and oxygen atoms in total. The maximum atomic E-state index is 12.1. The molecule has 2 atom stereocenters. The molecule has 0 spiro atoms. The highest BCUT2D eigenvalue weighted by Gasteiger charge is 2.31. The molecule has 2 N–H and O–H groups in total. The fraction of sp³-hybridized carbons (Fsp3) is 0.462. The van der Waals surface area contributed by atoms with Crippen LogP contribution >= 0.6 is 15.9 Å². The van der Waals surface area contributed by atoms with Gasteiger partial charge in [-0.2, -0.15) is 0 Å². The maximum Gasteiger partial charge on any atom is 0.306 e. The van der Waals surface area contributed by atoms with Crippen LogP contribution in [0.4, 0.5) is 5.82 Å². The van der Waals surface area contributed by atoms with Crippen molar-refractivity contribution in [2.24, 2.45) is 11.8 Å². The number of pyridine rings is 1. The number of aromatic nitrogens is 1. The highest BCUT2D eigenvalue weighted by atomic mass is 79.9. The van der Waals surface area contributed by atoms with Gasteiger partial charge in [0.05, 0.1) is 10.4 Å². The highest BCUT2D eigenvalue weighted by Crippen LogP contribution is 2.30. The normalized spacial score (nSPS) is 22.8. The van der Waals surface area contributed by atoms with Gasteiger partial charge in [-0.25, -0.2) is 4.98 Å². The molecule has 1 heterocycles. The van der Waals surface area contributed by atoms with Crippen LogP contribution in [0.2, 0.25) is 0 Å². The molecule has 1 aliphatic carbocycles. The van der Waals surface area contributed by atoms with Gasteiger partial charge in [-0.15, -0.1) is 0 Å². The van der Waals surface area contributed by atoms with E-state index in [1.165, 1.54) is 0 Å². The summed E-state index contributed by atoms with van der Waals surface area (Å²) in [5.41, 5.74) is 0.